The number of fused-ring (bicyclic) bond motifs is 2. The summed E-state index contributed by atoms with van der Waals surface area (Å²) in [5, 5.41) is 0.895. The Labute approximate surface area is 203 Å². The van der Waals surface area contributed by atoms with E-state index in [-0.39, 0.29) is 11.1 Å². The van der Waals surface area contributed by atoms with Gasteiger partial charge in [-0.2, -0.15) is 9.35 Å². The number of hydrogen-bond acceptors (Lipinski definition) is 4. The third-order valence-corrected chi connectivity index (χ3v) is 6.35. The van der Waals surface area contributed by atoms with Crippen LogP contribution in [0.5, 0.6) is 0 Å². The molecule has 2 heterocycles. The molecule has 31 heavy (non-hydrogen) atoms. The molecule has 0 aliphatic heterocycles. The minimum atomic E-state index is -0.320. The van der Waals surface area contributed by atoms with Crippen LogP contribution in [0.4, 0.5) is 0 Å². The van der Waals surface area contributed by atoms with E-state index in [9.17, 15) is 9.59 Å². The van der Waals surface area contributed by atoms with Crippen LogP contribution in [-0.2, 0) is 0 Å². The standard InChI is InChI=1S/C23H14I2N4O2/c1-13-26-19-9-7-15(24)11-17(19)22(30)28(13)29-21(14-5-3-2-4-6-14)27-20-10-8-16(25)12-18(20)23(29)31/h2-12H,1H3. The first-order valence-corrected chi connectivity index (χ1v) is 11.6. The number of aromatic nitrogens is 4. The van der Waals surface area contributed by atoms with Crippen molar-refractivity contribution in [2.75, 3.05) is 0 Å². The predicted octanol–water partition coefficient (Wildman–Crippen LogP) is 4.60. The zero-order chi connectivity index (χ0) is 21.7. The lowest BCUT2D eigenvalue weighted by atomic mass is 10.2. The molecule has 0 unspecified atom stereocenters. The smallest absolute Gasteiger partial charge is 0.267 e. The number of hydrogen-bond donors (Lipinski definition) is 0. The zero-order valence-electron chi connectivity index (χ0n) is 16.2. The Hall–Kier alpha value is -2.60. The molecule has 0 aliphatic carbocycles. The first-order chi connectivity index (χ1) is 14.9. The zero-order valence-corrected chi connectivity index (χ0v) is 20.5. The van der Waals surface area contributed by atoms with Crippen LogP contribution in [0.25, 0.3) is 33.2 Å². The molecular weight excluding hydrogens is 618 g/mol. The maximum atomic E-state index is 13.7. The van der Waals surface area contributed by atoms with Crippen LogP contribution >= 0.6 is 45.2 Å². The molecule has 3 aromatic carbocycles. The Kier molecular flexibility index (Phi) is 5.13. The van der Waals surface area contributed by atoms with E-state index in [4.69, 9.17) is 4.98 Å². The minimum Gasteiger partial charge on any atom is -0.267 e. The summed E-state index contributed by atoms with van der Waals surface area (Å²) >= 11 is 4.32. The van der Waals surface area contributed by atoms with Crippen molar-refractivity contribution in [1.29, 1.82) is 0 Å². The summed E-state index contributed by atoms with van der Waals surface area (Å²) in [7, 11) is 0. The molecule has 2 aromatic heterocycles. The molecule has 0 spiro atoms. The number of nitrogens with zero attached hydrogens (tertiary/aromatic N) is 4. The van der Waals surface area contributed by atoms with Crippen LogP contribution in [0.15, 0.2) is 76.3 Å². The van der Waals surface area contributed by atoms with Crippen LogP contribution in [0, 0.1) is 14.1 Å². The second-order valence-corrected chi connectivity index (χ2v) is 9.51. The summed E-state index contributed by atoms with van der Waals surface area (Å²) < 4.78 is 4.51. The topological polar surface area (TPSA) is 69.8 Å². The molecule has 0 saturated heterocycles. The molecule has 8 heteroatoms. The molecule has 0 amide bonds. The first-order valence-electron chi connectivity index (χ1n) is 9.41. The predicted molar refractivity (Wildman–Crippen MR) is 138 cm³/mol. The minimum absolute atomic E-state index is 0.313. The van der Waals surface area contributed by atoms with Gasteiger partial charge in [0.05, 0.1) is 21.8 Å². The van der Waals surface area contributed by atoms with Crippen molar-refractivity contribution in [2.45, 2.75) is 6.92 Å². The van der Waals surface area contributed by atoms with E-state index in [0.29, 0.717) is 33.5 Å². The van der Waals surface area contributed by atoms with Crippen LogP contribution in [-0.4, -0.2) is 19.3 Å². The van der Waals surface area contributed by atoms with Crippen LogP contribution in [0.1, 0.15) is 5.82 Å². The maximum absolute atomic E-state index is 13.7. The monoisotopic (exact) mass is 632 g/mol. The quantitative estimate of drug-likeness (QED) is 0.267. The van der Waals surface area contributed by atoms with Crippen molar-refractivity contribution in [3.8, 4) is 11.4 Å². The molecule has 5 aromatic rings. The van der Waals surface area contributed by atoms with E-state index < -0.39 is 0 Å². The molecule has 0 aliphatic rings. The van der Waals surface area contributed by atoms with Gasteiger partial charge in [0, 0.05) is 12.7 Å². The van der Waals surface area contributed by atoms with Crippen molar-refractivity contribution in [3.63, 3.8) is 0 Å². The summed E-state index contributed by atoms with van der Waals surface area (Å²) in [4.78, 5) is 36.7. The molecule has 0 fully saturated rings. The lowest BCUT2D eigenvalue weighted by Gasteiger charge is -2.18. The van der Waals surface area contributed by atoms with E-state index in [1.165, 1.54) is 9.35 Å². The average molecular weight is 632 g/mol. The lowest BCUT2D eigenvalue weighted by Crippen LogP contribution is -2.38. The number of benzene rings is 3. The van der Waals surface area contributed by atoms with Gasteiger partial charge in [-0.25, -0.2) is 9.97 Å². The van der Waals surface area contributed by atoms with E-state index in [1.54, 1.807) is 19.1 Å². The van der Waals surface area contributed by atoms with Crippen LogP contribution in [0.2, 0.25) is 0 Å². The van der Waals surface area contributed by atoms with Gasteiger partial charge < -0.3 is 0 Å². The Morgan fingerprint density at radius 3 is 1.87 bits per heavy atom. The van der Waals surface area contributed by atoms with Gasteiger partial charge in [0.15, 0.2) is 5.82 Å². The number of halogens is 2. The molecule has 0 N–H and O–H groups in total. The average Bonchev–Trinajstić information content (AvgIpc) is 2.76. The lowest BCUT2D eigenvalue weighted by molar-refractivity contribution is 0.580. The van der Waals surface area contributed by atoms with Gasteiger partial charge in [-0.15, -0.1) is 0 Å². The molecule has 5 rings (SSSR count). The van der Waals surface area contributed by atoms with Gasteiger partial charge in [0.1, 0.15) is 5.82 Å². The van der Waals surface area contributed by atoms with Crippen LogP contribution < -0.4 is 11.1 Å². The second-order valence-electron chi connectivity index (χ2n) is 7.02. The normalized spacial score (nSPS) is 11.3. The fraction of sp³-hybridized carbons (Fsp3) is 0.0435. The summed E-state index contributed by atoms with van der Waals surface area (Å²) in [5.74, 6) is 0.793. The molecule has 0 radical (unpaired) electrons. The highest BCUT2D eigenvalue weighted by molar-refractivity contribution is 14.1. The fourth-order valence-electron chi connectivity index (χ4n) is 3.60. The van der Waals surface area contributed by atoms with Crippen molar-refractivity contribution in [2.24, 2.45) is 0 Å². The summed E-state index contributed by atoms with van der Waals surface area (Å²) in [5.41, 5.74) is 1.27. The van der Waals surface area contributed by atoms with Crippen molar-refractivity contribution in [3.05, 3.63) is 100 Å². The Morgan fingerprint density at radius 2 is 1.26 bits per heavy atom. The van der Waals surface area contributed by atoms with Crippen molar-refractivity contribution < 1.29 is 0 Å². The number of rotatable bonds is 2. The SMILES string of the molecule is Cc1nc2ccc(I)cc2c(=O)n1-n1c(-c2ccccc2)nc2ccc(I)cc2c1=O. The van der Waals surface area contributed by atoms with Gasteiger partial charge >= 0.3 is 0 Å². The van der Waals surface area contributed by atoms with Gasteiger partial charge in [0.25, 0.3) is 11.1 Å². The van der Waals surface area contributed by atoms with E-state index >= 15 is 0 Å². The molecule has 0 saturated carbocycles. The molecule has 6 nitrogen and oxygen atoms in total. The van der Waals surface area contributed by atoms with Gasteiger partial charge in [-0.1, -0.05) is 30.3 Å². The molecular formula is C23H14I2N4O2. The first kappa shape index (κ1) is 20.3. The van der Waals surface area contributed by atoms with E-state index in [0.717, 1.165) is 12.7 Å². The maximum Gasteiger partial charge on any atom is 0.281 e. The van der Waals surface area contributed by atoms with Crippen molar-refractivity contribution >= 4 is 67.0 Å². The van der Waals surface area contributed by atoms with Crippen molar-refractivity contribution in [1.82, 2.24) is 19.3 Å². The highest BCUT2D eigenvalue weighted by Gasteiger charge is 2.19. The number of aryl methyl sites for hydroxylation is 1. The Balaban J connectivity index is 1.98. The second kappa shape index (κ2) is 7.83. The summed E-state index contributed by atoms with van der Waals surface area (Å²) in [6, 6.07) is 20.4. The van der Waals surface area contributed by atoms with Gasteiger partial charge in [-0.3, -0.25) is 9.59 Å². The molecule has 152 valence electrons. The van der Waals surface area contributed by atoms with Gasteiger partial charge in [0.2, 0.25) is 0 Å². The third kappa shape index (κ3) is 3.47. The molecule has 0 bridgehead atoms. The van der Waals surface area contributed by atoms with E-state index in [1.807, 2.05) is 54.6 Å². The van der Waals surface area contributed by atoms with Gasteiger partial charge in [-0.05, 0) is 88.5 Å². The largest absolute Gasteiger partial charge is 0.281 e. The highest BCUT2D eigenvalue weighted by Crippen LogP contribution is 2.21. The van der Waals surface area contributed by atoms with Crippen LogP contribution in [0.3, 0.4) is 0 Å². The van der Waals surface area contributed by atoms with E-state index in [2.05, 4.69) is 50.2 Å². The molecule has 0 atom stereocenters. The summed E-state index contributed by atoms with van der Waals surface area (Å²) in [6.07, 6.45) is 0. The Bertz CT molecular complexity index is 1610. The Morgan fingerprint density at radius 1 is 0.710 bits per heavy atom. The third-order valence-electron chi connectivity index (χ3n) is 5.01. The fourth-order valence-corrected chi connectivity index (χ4v) is 4.59. The summed E-state index contributed by atoms with van der Waals surface area (Å²) in [6.45, 7) is 1.72. The highest BCUT2D eigenvalue weighted by atomic mass is 127.